The molecule has 5 heteroatoms. The van der Waals surface area contributed by atoms with Crippen LogP contribution in [-0.2, 0) is 17.6 Å². The zero-order chi connectivity index (χ0) is 13.0. The Bertz CT molecular complexity index is 528. The molecule has 0 aliphatic heterocycles. The second-order valence-electron chi connectivity index (χ2n) is 4.22. The first-order valence-electron chi connectivity index (χ1n) is 5.87. The molecule has 2 aromatic heterocycles. The molecular weight excluding hydrogens is 232 g/mol. The number of aromatic nitrogens is 1. The molecule has 18 heavy (non-hydrogen) atoms. The lowest BCUT2D eigenvalue weighted by atomic mass is 10.3. The predicted molar refractivity (Wildman–Crippen MR) is 65.1 cm³/mol. The van der Waals surface area contributed by atoms with Gasteiger partial charge in [-0.3, -0.25) is 4.79 Å². The molecule has 1 amide bonds. The standard InChI is InChI=1S/C13H16N2O3/c1-9-7-12(18-15-9)8-13(16)14-6-5-11-4-3-10(2)17-11/h3-4,7H,5-6,8H2,1-2H3,(H,14,16). The van der Waals surface area contributed by atoms with Gasteiger partial charge in [0.25, 0.3) is 0 Å². The van der Waals surface area contributed by atoms with Gasteiger partial charge in [-0.25, -0.2) is 0 Å². The monoisotopic (exact) mass is 248 g/mol. The van der Waals surface area contributed by atoms with Crippen LogP contribution in [0, 0.1) is 13.8 Å². The van der Waals surface area contributed by atoms with E-state index in [1.54, 1.807) is 6.07 Å². The number of nitrogens with one attached hydrogen (secondary N) is 1. The van der Waals surface area contributed by atoms with Crippen LogP contribution in [-0.4, -0.2) is 17.6 Å². The summed E-state index contributed by atoms with van der Waals surface area (Å²) >= 11 is 0. The van der Waals surface area contributed by atoms with Crippen LogP contribution in [0.15, 0.2) is 27.1 Å². The highest BCUT2D eigenvalue weighted by molar-refractivity contribution is 5.77. The van der Waals surface area contributed by atoms with Crippen molar-refractivity contribution in [3.63, 3.8) is 0 Å². The van der Waals surface area contributed by atoms with E-state index in [4.69, 9.17) is 8.94 Å². The van der Waals surface area contributed by atoms with Crippen molar-refractivity contribution >= 4 is 5.91 Å². The second-order valence-corrected chi connectivity index (χ2v) is 4.22. The van der Waals surface area contributed by atoms with Crippen LogP contribution < -0.4 is 5.32 Å². The van der Waals surface area contributed by atoms with Gasteiger partial charge in [0.2, 0.25) is 5.91 Å². The Hall–Kier alpha value is -2.04. The van der Waals surface area contributed by atoms with Gasteiger partial charge in [0.05, 0.1) is 12.1 Å². The zero-order valence-electron chi connectivity index (χ0n) is 10.5. The Morgan fingerprint density at radius 1 is 1.33 bits per heavy atom. The molecule has 5 nitrogen and oxygen atoms in total. The topological polar surface area (TPSA) is 68.3 Å². The van der Waals surface area contributed by atoms with Crippen molar-refractivity contribution < 1.29 is 13.7 Å². The minimum atomic E-state index is -0.0746. The average molecular weight is 248 g/mol. The smallest absolute Gasteiger partial charge is 0.227 e. The van der Waals surface area contributed by atoms with E-state index < -0.39 is 0 Å². The third-order valence-corrected chi connectivity index (χ3v) is 2.50. The summed E-state index contributed by atoms with van der Waals surface area (Å²) in [4.78, 5) is 11.6. The van der Waals surface area contributed by atoms with Crippen molar-refractivity contribution in [3.8, 4) is 0 Å². The van der Waals surface area contributed by atoms with Gasteiger partial charge in [0.1, 0.15) is 17.3 Å². The molecule has 0 fully saturated rings. The molecule has 0 unspecified atom stereocenters. The molecule has 0 bridgehead atoms. The largest absolute Gasteiger partial charge is 0.466 e. The van der Waals surface area contributed by atoms with Crippen molar-refractivity contribution in [2.45, 2.75) is 26.7 Å². The molecular formula is C13H16N2O3. The number of carbonyl (C=O) groups is 1. The first-order chi connectivity index (χ1) is 8.63. The van der Waals surface area contributed by atoms with Gasteiger partial charge < -0.3 is 14.3 Å². The Morgan fingerprint density at radius 3 is 2.78 bits per heavy atom. The highest BCUT2D eigenvalue weighted by Crippen LogP contribution is 2.06. The molecule has 0 saturated heterocycles. The lowest BCUT2D eigenvalue weighted by molar-refractivity contribution is -0.120. The molecule has 1 N–H and O–H groups in total. The van der Waals surface area contributed by atoms with Crippen LogP contribution in [0.2, 0.25) is 0 Å². The van der Waals surface area contributed by atoms with Gasteiger partial charge in [-0.05, 0) is 26.0 Å². The maximum atomic E-state index is 11.6. The first-order valence-corrected chi connectivity index (χ1v) is 5.87. The molecule has 2 heterocycles. The number of nitrogens with zero attached hydrogens (tertiary/aromatic N) is 1. The summed E-state index contributed by atoms with van der Waals surface area (Å²) < 4.78 is 10.4. The molecule has 0 aliphatic carbocycles. The van der Waals surface area contributed by atoms with Crippen molar-refractivity contribution in [2.24, 2.45) is 0 Å². The molecule has 96 valence electrons. The summed E-state index contributed by atoms with van der Waals surface area (Å²) in [6.07, 6.45) is 0.910. The second kappa shape index (κ2) is 5.53. The van der Waals surface area contributed by atoms with Gasteiger partial charge in [0.15, 0.2) is 0 Å². The number of amides is 1. The van der Waals surface area contributed by atoms with E-state index in [2.05, 4.69) is 10.5 Å². The summed E-state index contributed by atoms with van der Waals surface area (Å²) in [5.41, 5.74) is 0.781. The number of rotatable bonds is 5. The number of aryl methyl sites for hydroxylation is 2. The van der Waals surface area contributed by atoms with Crippen molar-refractivity contribution in [2.75, 3.05) is 6.54 Å². The van der Waals surface area contributed by atoms with Crippen LogP contribution in [0.25, 0.3) is 0 Å². The predicted octanol–water partition coefficient (Wildman–Crippen LogP) is 1.79. The summed E-state index contributed by atoms with van der Waals surface area (Å²) in [5, 5.41) is 6.54. The minimum Gasteiger partial charge on any atom is -0.466 e. The summed E-state index contributed by atoms with van der Waals surface area (Å²) in [5.74, 6) is 2.27. The lowest BCUT2D eigenvalue weighted by Gasteiger charge is -2.01. The molecule has 0 saturated carbocycles. The van der Waals surface area contributed by atoms with Gasteiger partial charge in [-0.2, -0.15) is 0 Å². The third-order valence-electron chi connectivity index (χ3n) is 2.50. The summed E-state index contributed by atoms with van der Waals surface area (Å²) in [6.45, 7) is 4.28. The quantitative estimate of drug-likeness (QED) is 0.875. The van der Waals surface area contributed by atoms with E-state index in [9.17, 15) is 4.79 Å². The van der Waals surface area contributed by atoms with Crippen molar-refractivity contribution in [3.05, 3.63) is 41.2 Å². The normalized spacial score (nSPS) is 10.6. The molecule has 0 aromatic carbocycles. The van der Waals surface area contributed by atoms with E-state index in [-0.39, 0.29) is 12.3 Å². The van der Waals surface area contributed by atoms with E-state index >= 15 is 0 Å². The molecule has 0 radical (unpaired) electrons. The fraction of sp³-hybridized carbons (Fsp3) is 0.385. The van der Waals surface area contributed by atoms with Crippen LogP contribution in [0.4, 0.5) is 0 Å². The minimum absolute atomic E-state index is 0.0746. The number of hydrogen-bond donors (Lipinski definition) is 1. The summed E-state index contributed by atoms with van der Waals surface area (Å²) in [6, 6.07) is 5.59. The highest BCUT2D eigenvalue weighted by atomic mass is 16.5. The molecule has 0 aliphatic rings. The molecule has 0 atom stereocenters. The maximum absolute atomic E-state index is 11.6. The average Bonchev–Trinajstić information content (AvgIpc) is 2.88. The highest BCUT2D eigenvalue weighted by Gasteiger charge is 2.07. The van der Waals surface area contributed by atoms with Crippen molar-refractivity contribution in [1.29, 1.82) is 0 Å². The number of carbonyl (C=O) groups excluding carboxylic acids is 1. The fourth-order valence-corrected chi connectivity index (χ4v) is 1.66. The summed E-state index contributed by atoms with van der Waals surface area (Å²) in [7, 11) is 0. The van der Waals surface area contributed by atoms with E-state index in [1.165, 1.54) is 0 Å². The molecule has 2 aromatic rings. The Labute approximate surface area is 105 Å². The van der Waals surface area contributed by atoms with E-state index in [0.29, 0.717) is 18.7 Å². The third kappa shape index (κ3) is 3.48. The van der Waals surface area contributed by atoms with Gasteiger partial charge in [0, 0.05) is 19.0 Å². The van der Waals surface area contributed by atoms with Crippen LogP contribution in [0.5, 0.6) is 0 Å². The number of furan rings is 1. The van der Waals surface area contributed by atoms with Crippen LogP contribution >= 0.6 is 0 Å². The van der Waals surface area contributed by atoms with Crippen LogP contribution in [0.3, 0.4) is 0 Å². The molecule has 0 spiro atoms. The van der Waals surface area contributed by atoms with Crippen LogP contribution in [0.1, 0.15) is 23.0 Å². The Balaban J connectivity index is 1.72. The zero-order valence-corrected chi connectivity index (χ0v) is 10.5. The number of hydrogen-bond acceptors (Lipinski definition) is 4. The maximum Gasteiger partial charge on any atom is 0.227 e. The van der Waals surface area contributed by atoms with E-state index in [1.807, 2.05) is 26.0 Å². The van der Waals surface area contributed by atoms with Gasteiger partial charge in [-0.1, -0.05) is 5.16 Å². The first kappa shape index (κ1) is 12.4. The van der Waals surface area contributed by atoms with Gasteiger partial charge >= 0.3 is 0 Å². The van der Waals surface area contributed by atoms with E-state index in [0.717, 1.165) is 17.2 Å². The SMILES string of the molecule is Cc1cc(CC(=O)NCCc2ccc(C)o2)on1. The van der Waals surface area contributed by atoms with Gasteiger partial charge in [-0.15, -0.1) is 0 Å². The Morgan fingerprint density at radius 2 is 2.17 bits per heavy atom. The fourth-order valence-electron chi connectivity index (χ4n) is 1.66. The van der Waals surface area contributed by atoms with Crippen molar-refractivity contribution in [1.82, 2.24) is 10.5 Å². The Kier molecular flexibility index (Phi) is 3.82. The lowest BCUT2D eigenvalue weighted by Crippen LogP contribution is -2.27. The molecule has 2 rings (SSSR count).